The highest BCUT2D eigenvalue weighted by Crippen LogP contribution is 2.41. The third-order valence-corrected chi connectivity index (χ3v) is 4.19. The zero-order valence-corrected chi connectivity index (χ0v) is 11.8. The van der Waals surface area contributed by atoms with E-state index in [4.69, 9.17) is 4.74 Å². The summed E-state index contributed by atoms with van der Waals surface area (Å²) in [5.74, 6) is 1.69. The summed E-state index contributed by atoms with van der Waals surface area (Å²) >= 11 is 1.65. The van der Waals surface area contributed by atoms with Crippen LogP contribution >= 0.6 is 11.3 Å². The van der Waals surface area contributed by atoms with Gasteiger partial charge in [0.1, 0.15) is 5.75 Å². The van der Waals surface area contributed by atoms with Gasteiger partial charge < -0.3 is 10.1 Å². The monoisotopic (exact) mass is 274 g/mol. The van der Waals surface area contributed by atoms with Crippen LogP contribution in [-0.4, -0.2) is 12.1 Å². The quantitative estimate of drug-likeness (QED) is 0.876. The molecule has 1 aliphatic carbocycles. The SMILES string of the molecule is COc1ccc(C(NCc2cscn2)C2CC2)cc1. The first kappa shape index (κ1) is 12.6. The highest BCUT2D eigenvalue weighted by atomic mass is 32.1. The van der Waals surface area contributed by atoms with Crippen molar-refractivity contribution < 1.29 is 4.74 Å². The van der Waals surface area contributed by atoms with E-state index in [-0.39, 0.29) is 0 Å². The van der Waals surface area contributed by atoms with E-state index in [0.717, 1.165) is 23.9 Å². The van der Waals surface area contributed by atoms with Crippen molar-refractivity contribution in [2.24, 2.45) is 5.92 Å². The molecule has 1 aromatic carbocycles. The number of ether oxygens (including phenoxy) is 1. The Kier molecular flexibility index (Phi) is 3.80. The molecule has 1 unspecified atom stereocenters. The molecule has 1 fully saturated rings. The van der Waals surface area contributed by atoms with Gasteiger partial charge in [-0.05, 0) is 36.5 Å². The number of nitrogens with one attached hydrogen (secondary N) is 1. The second-order valence-electron chi connectivity index (χ2n) is 4.95. The molecular formula is C15H18N2OS. The van der Waals surface area contributed by atoms with Crippen LogP contribution in [0.15, 0.2) is 35.2 Å². The molecule has 0 bridgehead atoms. The highest BCUT2D eigenvalue weighted by Gasteiger charge is 2.31. The van der Waals surface area contributed by atoms with Gasteiger partial charge in [-0.3, -0.25) is 0 Å². The highest BCUT2D eigenvalue weighted by molar-refractivity contribution is 7.07. The van der Waals surface area contributed by atoms with Gasteiger partial charge in [-0.1, -0.05) is 12.1 Å². The number of aromatic nitrogens is 1. The number of thiazole rings is 1. The van der Waals surface area contributed by atoms with E-state index in [2.05, 4.69) is 27.8 Å². The van der Waals surface area contributed by atoms with Crippen molar-refractivity contribution >= 4 is 11.3 Å². The summed E-state index contributed by atoms with van der Waals surface area (Å²) in [5.41, 5.74) is 4.36. The van der Waals surface area contributed by atoms with E-state index >= 15 is 0 Å². The van der Waals surface area contributed by atoms with Crippen molar-refractivity contribution in [3.05, 3.63) is 46.4 Å². The maximum absolute atomic E-state index is 5.21. The Morgan fingerprint density at radius 3 is 2.74 bits per heavy atom. The summed E-state index contributed by atoms with van der Waals surface area (Å²) in [5, 5.41) is 5.74. The second-order valence-corrected chi connectivity index (χ2v) is 5.67. The van der Waals surface area contributed by atoms with Crippen molar-refractivity contribution in [1.29, 1.82) is 0 Å². The van der Waals surface area contributed by atoms with E-state index in [1.54, 1.807) is 18.4 Å². The normalized spacial score (nSPS) is 16.3. The summed E-state index contributed by atoms with van der Waals surface area (Å²) in [4.78, 5) is 4.33. The van der Waals surface area contributed by atoms with Gasteiger partial charge in [0, 0.05) is 18.0 Å². The van der Waals surface area contributed by atoms with E-state index in [1.165, 1.54) is 18.4 Å². The van der Waals surface area contributed by atoms with Crippen LogP contribution in [0.4, 0.5) is 0 Å². The number of hydrogen-bond donors (Lipinski definition) is 1. The molecule has 1 N–H and O–H groups in total. The molecule has 0 aliphatic heterocycles. The second kappa shape index (κ2) is 5.72. The smallest absolute Gasteiger partial charge is 0.118 e. The number of nitrogens with zero attached hydrogens (tertiary/aromatic N) is 1. The van der Waals surface area contributed by atoms with Gasteiger partial charge in [0.05, 0.1) is 18.3 Å². The molecule has 2 aromatic rings. The lowest BCUT2D eigenvalue weighted by Gasteiger charge is -2.18. The van der Waals surface area contributed by atoms with Crippen LogP contribution in [-0.2, 0) is 6.54 Å². The predicted molar refractivity (Wildman–Crippen MR) is 77.4 cm³/mol. The van der Waals surface area contributed by atoms with Crippen LogP contribution in [0, 0.1) is 5.92 Å². The van der Waals surface area contributed by atoms with Gasteiger partial charge in [0.2, 0.25) is 0 Å². The molecule has 4 heteroatoms. The largest absolute Gasteiger partial charge is 0.497 e. The van der Waals surface area contributed by atoms with Gasteiger partial charge in [-0.25, -0.2) is 4.98 Å². The van der Waals surface area contributed by atoms with Crippen LogP contribution in [0.1, 0.15) is 30.1 Å². The number of benzene rings is 1. The van der Waals surface area contributed by atoms with Crippen molar-refractivity contribution in [1.82, 2.24) is 10.3 Å². The first-order valence-electron chi connectivity index (χ1n) is 6.61. The molecule has 1 saturated carbocycles. The first-order valence-corrected chi connectivity index (χ1v) is 7.55. The summed E-state index contributed by atoms with van der Waals surface area (Å²) in [7, 11) is 1.70. The van der Waals surface area contributed by atoms with Gasteiger partial charge >= 0.3 is 0 Å². The van der Waals surface area contributed by atoms with Crippen LogP contribution in [0.25, 0.3) is 0 Å². The Bertz CT molecular complexity index is 505. The van der Waals surface area contributed by atoms with Gasteiger partial charge in [-0.2, -0.15) is 0 Å². The lowest BCUT2D eigenvalue weighted by molar-refractivity contribution is 0.413. The standard InChI is InChI=1S/C15H18N2OS/c1-18-14-6-4-12(5-7-14)15(11-2-3-11)16-8-13-9-19-10-17-13/h4-7,9-11,15-16H,2-3,8H2,1H3. The number of methoxy groups -OCH3 is 1. The minimum atomic E-state index is 0.438. The lowest BCUT2D eigenvalue weighted by atomic mass is 10.0. The molecule has 1 aromatic heterocycles. The Morgan fingerprint density at radius 1 is 1.37 bits per heavy atom. The van der Waals surface area contributed by atoms with E-state index in [0.29, 0.717) is 6.04 Å². The zero-order valence-electron chi connectivity index (χ0n) is 11.0. The zero-order chi connectivity index (χ0) is 13.1. The Balaban J connectivity index is 1.69. The average Bonchev–Trinajstić information content (AvgIpc) is 3.15. The molecule has 1 heterocycles. The van der Waals surface area contributed by atoms with Gasteiger partial charge in [0.15, 0.2) is 0 Å². The molecule has 3 nitrogen and oxygen atoms in total. The fraction of sp³-hybridized carbons (Fsp3) is 0.400. The molecule has 0 saturated heterocycles. The minimum absolute atomic E-state index is 0.438. The predicted octanol–water partition coefficient (Wildman–Crippen LogP) is 3.39. The number of hydrogen-bond acceptors (Lipinski definition) is 4. The Morgan fingerprint density at radius 2 is 2.16 bits per heavy atom. The van der Waals surface area contributed by atoms with Crippen molar-refractivity contribution in [2.75, 3.05) is 7.11 Å². The van der Waals surface area contributed by atoms with Crippen LogP contribution < -0.4 is 10.1 Å². The van der Waals surface area contributed by atoms with Crippen molar-refractivity contribution in [2.45, 2.75) is 25.4 Å². The van der Waals surface area contributed by atoms with Crippen molar-refractivity contribution in [3.8, 4) is 5.75 Å². The molecule has 1 atom stereocenters. The van der Waals surface area contributed by atoms with Gasteiger partial charge in [-0.15, -0.1) is 11.3 Å². The Labute approximate surface area is 117 Å². The molecule has 100 valence electrons. The molecule has 0 amide bonds. The summed E-state index contributed by atoms with van der Waals surface area (Å²) in [6.07, 6.45) is 2.64. The lowest BCUT2D eigenvalue weighted by Crippen LogP contribution is -2.22. The minimum Gasteiger partial charge on any atom is -0.497 e. The maximum atomic E-state index is 5.21. The first-order chi connectivity index (χ1) is 9.36. The molecule has 0 spiro atoms. The molecule has 1 aliphatic rings. The molecular weight excluding hydrogens is 256 g/mol. The van der Waals surface area contributed by atoms with E-state index in [1.807, 2.05) is 17.6 Å². The summed E-state index contributed by atoms with van der Waals surface area (Å²) < 4.78 is 5.21. The topological polar surface area (TPSA) is 34.1 Å². The summed E-state index contributed by atoms with van der Waals surface area (Å²) in [6, 6.07) is 8.84. The molecule has 0 radical (unpaired) electrons. The van der Waals surface area contributed by atoms with Crippen LogP contribution in [0.3, 0.4) is 0 Å². The number of rotatable bonds is 6. The van der Waals surface area contributed by atoms with Gasteiger partial charge in [0.25, 0.3) is 0 Å². The van der Waals surface area contributed by atoms with Crippen LogP contribution in [0.2, 0.25) is 0 Å². The van der Waals surface area contributed by atoms with Crippen molar-refractivity contribution in [3.63, 3.8) is 0 Å². The van der Waals surface area contributed by atoms with E-state index in [9.17, 15) is 0 Å². The third-order valence-electron chi connectivity index (χ3n) is 3.55. The molecule has 19 heavy (non-hydrogen) atoms. The maximum Gasteiger partial charge on any atom is 0.118 e. The van der Waals surface area contributed by atoms with Crippen LogP contribution in [0.5, 0.6) is 5.75 Å². The fourth-order valence-corrected chi connectivity index (χ4v) is 2.90. The Hall–Kier alpha value is -1.39. The third kappa shape index (κ3) is 3.14. The van der Waals surface area contributed by atoms with E-state index < -0.39 is 0 Å². The molecule has 3 rings (SSSR count). The summed E-state index contributed by atoms with van der Waals surface area (Å²) in [6.45, 7) is 0.844. The average molecular weight is 274 g/mol. The fourth-order valence-electron chi connectivity index (χ4n) is 2.34.